The Morgan fingerprint density at radius 1 is 1.50 bits per heavy atom. The third-order valence-electron chi connectivity index (χ3n) is 3.63. The molecule has 0 spiro atoms. The number of benzene rings is 1. The molecule has 2 amide bonds. The number of amides is 2. The molecule has 6 heteroatoms. The molecular weight excluding hydrogens is 285 g/mol. The molecule has 1 unspecified atom stereocenters. The number of H-pyrrole nitrogens is 1. The molecule has 2 aromatic rings. The van der Waals surface area contributed by atoms with Crippen molar-refractivity contribution in [3.05, 3.63) is 35.8 Å². The van der Waals surface area contributed by atoms with E-state index in [9.17, 15) is 14.3 Å². The zero-order valence-corrected chi connectivity index (χ0v) is 12.9. The molecule has 3 N–H and O–H groups in total. The third-order valence-corrected chi connectivity index (χ3v) is 3.63. The van der Waals surface area contributed by atoms with Crippen LogP contribution in [-0.4, -0.2) is 47.3 Å². The summed E-state index contributed by atoms with van der Waals surface area (Å²) in [5.74, 6) is -0.270. The molecule has 0 saturated heterocycles. The van der Waals surface area contributed by atoms with Crippen LogP contribution in [0, 0.1) is 5.82 Å². The largest absolute Gasteiger partial charge is 0.393 e. The highest BCUT2D eigenvalue weighted by Gasteiger charge is 2.10. The number of hydrogen-bond acceptors (Lipinski definition) is 2. The first-order valence-electron chi connectivity index (χ1n) is 7.40. The van der Waals surface area contributed by atoms with Crippen LogP contribution in [0.5, 0.6) is 0 Å². The average molecular weight is 307 g/mol. The minimum atomic E-state index is -0.415. The Morgan fingerprint density at radius 3 is 3.00 bits per heavy atom. The molecule has 1 aromatic carbocycles. The average Bonchev–Trinajstić information content (AvgIpc) is 2.86. The van der Waals surface area contributed by atoms with Crippen molar-refractivity contribution >= 4 is 16.9 Å². The highest BCUT2D eigenvalue weighted by atomic mass is 19.1. The molecule has 0 bridgehead atoms. The summed E-state index contributed by atoms with van der Waals surface area (Å²) in [4.78, 5) is 16.5. The Bertz CT molecular complexity index is 639. The van der Waals surface area contributed by atoms with E-state index in [0.717, 1.165) is 16.5 Å². The summed E-state index contributed by atoms with van der Waals surface area (Å²) in [6.07, 6.45) is 2.65. The second-order valence-corrected chi connectivity index (χ2v) is 5.55. The summed E-state index contributed by atoms with van der Waals surface area (Å²) in [7, 11) is 1.70. The van der Waals surface area contributed by atoms with Gasteiger partial charge in [0.1, 0.15) is 5.82 Å². The number of aliphatic hydroxyl groups is 1. The Kier molecular flexibility index (Phi) is 5.38. The predicted molar refractivity (Wildman–Crippen MR) is 84.3 cm³/mol. The number of aliphatic hydroxyl groups excluding tert-OH is 1. The molecule has 5 nitrogen and oxygen atoms in total. The first-order valence-corrected chi connectivity index (χ1v) is 7.40. The molecule has 0 aliphatic carbocycles. The Hall–Kier alpha value is -2.08. The lowest BCUT2D eigenvalue weighted by atomic mass is 10.1. The summed E-state index contributed by atoms with van der Waals surface area (Å²) in [6, 6.07) is 4.47. The molecule has 22 heavy (non-hydrogen) atoms. The summed E-state index contributed by atoms with van der Waals surface area (Å²) >= 11 is 0. The van der Waals surface area contributed by atoms with Crippen LogP contribution in [0.15, 0.2) is 24.4 Å². The maximum Gasteiger partial charge on any atom is 0.317 e. The number of nitrogens with zero attached hydrogens (tertiary/aromatic N) is 1. The lowest BCUT2D eigenvalue weighted by molar-refractivity contribution is 0.163. The van der Waals surface area contributed by atoms with Crippen molar-refractivity contribution in [3.8, 4) is 0 Å². The van der Waals surface area contributed by atoms with E-state index >= 15 is 0 Å². The summed E-state index contributed by atoms with van der Waals surface area (Å²) in [5.41, 5.74) is 1.80. The van der Waals surface area contributed by atoms with E-state index in [0.29, 0.717) is 25.9 Å². The van der Waals surface area contributed by atoms with Crippen LogP contribution >= 0.6 is 0 Å². The van der Waals surface area contributed by atoms with E-state index in [2.05, 4.69) is 10.3 Å². The SMILES string of the molecule is CC(O)CCN(C)C(=O)NCCc1c[nH]c2cc(F)ccc12. The van der Waals surface area contributed by atoms with Gasteiger partial charge in [0, 0.05) is 37.2 Å². The van der Waals surface area contributed by atoms with Crippen LogP contribution in [0.2, 0.25) is 0 Å². The van der Waals surface area contributed by atoms with E-state index in [1.54, 1.807) is 24.9 Å². The summed E-state index contributed by atoms with van der Waals surface area (Å²) < 4.78 is 13.1. The van der Waals surface area contributed by atoms with Crippen LogP contribution in [-0.2, 0) is 6.42 Å². The minimum Gasteiger partial charge on any atom is -0.393 e. The van der Waals surface area contributed by atoms with Crippen molar-refractivity contribution in [2.45, 2.75) is 25.9 Å². The fourth-order valence-electron chi connectivity index (χ4n) is 2.29. The van der Waals surface area contributed by atoms with Gasteiger partial charge in [-0.05, 0) is 43.5 Å². The van der Waals surface area contributed by atoms with Gasteiger partial charge in [0.15, 0.2) is 0 Å². The lowest BCUT2D eigenvalue weighted by Crippen LogP contribution is -2.39. The van der Waals surface area contributed by atoms with E-state index in [4.69, 9.17) is 0 Å². The van der Waals surface area contributed by atoms with Gasteiger partial charge >= 0.3 is 6.03 Å². The van der Waals surface area contributed by atoms with Gasteiger partial charge < -0.3 is 20.3 Å². The number of carbonyl (C=O) groups is 1. The van der Waals surface area contributed by atoms with Crippen molar-refractivity contribution in [1.29, 1.82) is 0 Å². The van der Waals surface area contributed by atoms with Crippen LogP contribution in [0.3, 0.4) is 0 Å². The fourth-order valence-corrected chi connectivity index (χ4v) is 2.29. The number of fused-ring (bicyclic) bond motifs is 1. The van der Waals surface area contributed by atoms with Crippen LogP contribution < -0.4 is 5.32 Å². The number of urea groups is 1. The van der Waals surface area contributed by atoms with Gasteiger partial charge in [-0.15, -0.1) is 0 Å². The maximum atomic E-state index is 13.1. The molecule has 1 heterocycles. The Morgan fingerprint density at radius 2 is 2.27 bits per heavy atom. The number of rotatable bonds is 6. The zero-order chi connectivity index (χ0) is 16.1. The van der Waals surface area contributed by atoms with Crippen molar-refractivity contribution in [1.82, 2.24) is 15.2 Å². The molecular formula is C16H22FN3O2. The number of hydrogen-bond donors (Lipinski definition) is 3. The van der Waals surface area contributed by atoms with Gasteiger partial charge in [0.2, 0.25) is 0 Å². The van der Waals surface area contributed by atoms with Gasteiger partial charge in [-0.1, -0.05) is 0 Å². The fraction of sp³-hybridized carbons (Fsp3) is 0.438. The van der Waals surface area contributed by atoms with Crippen molar-refractivity contribution in [2.24, 2.45) is 0 Å². The molecule has 1 atom stereocenters. The number of aromatic amines is 1. The first kappa shape index (κ1) is 16.3. The standard InChI is InChI=1S/C16H22FN3O2/c1-11(21)6-8-20(2)16(22)18-7-5-12-10-19-15-9-13(17)3-4-14(12)15/h3-4,9-11,19,21H,5-8H2,1-2H3,(H,18,22). The van der Waals surface area contributed by atoms with E-state index < -0.39 is 6.10 Å². The second-order valence-electron chi connectivity index (χ2n) is 5.55. The van der Waals surface area contributed by atoms with E-state index in [-0.39, 0.29) is 11.8 Å². The number of carbonyl (C=O) groups excluding carboxylic acids is 1. The maximum absolute atomic E-state index is 13.1. The molecule has 0 aliphatic heterocycles. The topological polar surface area (TPSA) is 68.4 Å². The Labute approximate surface area is 129 Å². The normalized spacial score (nSPS) is 12.4. The lowest BCUT2D eigenvalue weighted by Gasteiger charge is -2.18. The molecule has 2 rings (SSSR count). The van der Waals surface area contributed by atoms with Crippen molar-refractivity contribution in [3.63, 3.8) is 0 Å². The third kappa shape index (κ3) is 4.21. The number of halogens is 1. The quantitative estimate of drug-likeness (QED) is 0.766. The second kappa shape index (κ2) is 7.26. The van der Waals surface area contributed by atoms with Gasteiger partial charge in [-0.3, -0.25) is 0 Å². The van der Waals surface area contributed by atoms with Gasteiger partial charge in [0.25, 0.3) is 0 Å². The predicted octanol–water partition coefficient (Wildman–Crippen LogP) is 2.26. The summed E-state index contributed by atoms with van der Waals surface area (Å²) in [6.45, 7) is 2.71. The molecule has 120 valence electrons. The molecule has 0 saturated carbocycles. The van der Waals surface area contributed by atoms with E-state index in [1.807, 2.05) is 6.20 Å². The number of nitrogens with one attached hydrogen (secondary N) is 2. The highest BCUT2D eigenvalue weighted by Crippen LogP contribution is 2.19. The minimum absolute atomic E-state index is 0.161. The molecule has 0 fully saturated rings. The smallest absolute Gasteiger partial charge is 0.317 e. The van der Waals surface area contributed by atoms with Gasteiger partial charge in [-0.25, -0.2) is 9.18 Å². The van der Waals surface area contributed by atoms with Crippen molar-refractivity contribution in [2.75, 3.05) is 20.1 Å². The van der Waals surface area contributed by atoms with Crippen LogP contribution in [0.25, 0.3) is 10.9 Å². The Balaban J connectivity index is 1.83. The van der Waals surface area contributed by atoms with Gasteiger partial charge in [0.05, 0.1) is 6.10 Å². The van der Waals surface area contributed by atoms with Crippen molar-refractivity contribution < 1.29 is 14.3 Å². The van der Waals surface area contributed by atoms with Crippen LogP contribution in [0.1, 0.15) is 18.9 Å². The summed E-state index contributed by atoms with van der Waals surface area (Å²) in [5, 5.41) is 13.0. The zero-order valence-electron chi connectivity index (χ0n) is 12.9. The van der Waals surface area contributed by atoms with Crippen LogP contribution in [0.4, 0.5) is 9.18 Å². The highest BCUT2D eigenvalue weighted by molar-refractivity contribution is 5.83. The monoisotopic (exact) mass is 307 g/mol. The molecule has 0 aliphatic rings. The van der Waals surface area contributed by atoms with Gasteiger partial charge in [-0.2, -0.15) is 0 Å². The number of aromatic nitrogens is 1. The van der Waals surface area contributed by atoms with E-state index in [1.165, 1.54) is 12.1 Å². The molecule has 0 radical (unpaired) electrons. The first-order chi connectivity index (χ1) is 10.5. The molecule has 1 aromatic heterocycles.